The molecule has 1 aliphatic heterocycles. The molecule has 4 nitrogen and oxygen atoms in total. The van der Waals surface area contributed by atoms with Crippen molar-refractivity contribution in [1.29, 1.82) is 0 Å². The molecule has 5 aromatic carbocycles. The Bertz CT molecular complexity index is 2140. The first kappa shape index (κ1) is 29.4. The van der Waals surface area contributed by atoms with E-state index in [0.717, 1.165) is 49.9 Å². The van der Waals surface area contributed by atoms with Crippen LogP contribution >= 0.6 is 11.8 Å². The molecule has 0 saturated heterocycles. The van der Waals surface area contributed by atoms with E-state index in [0.29, 0.717) is 6.04 Å². The summed E-state index contributed by atoms with van der Waals surface area (Å²) in [5.74, 6) is 0.881. The number of pyridine rings is 1. The number of hydrogen-bond donors (Lipinski definition) is 0. The van der Waals surface area contributed by atoms with Gasteiger partial charge in [0.1, 0.15) is 5.82 Å². The van der Waals surface area contributed by atoms with E-state index in [2.05, 4.69) is 156 Å². The van der Waals surface area contributed by atoms with Crippen LogP contribution < -0.4 is 9.80 Å². The molecule has 0 spiro atoms. The van der Waals surface area contributed by atoms with Crippen LogP contribution in [0.1, 0.15) is 13.8 Å². The molecule has 0 radical (unpaired) electrons. The third-order valence-electron chi connectivity index (χ3n) is 8.30. The Morgan fingerprint density at radius 1 is 0.689 bits per heavy atom. The minimum absolute atomic E-state index is 0. The van der Waals surface area contributed by atoms with Gasteiger partial charge in [-0.05, 0) is 60.7 Å². The zero-order valence-corrected chi connectivity index (χ0v) is 28.0. The third-order valence-corrected chi connectivity index (χ3v) is 9.22. The van der Waals surface area contributed by atoms with Gasteiger partial charge in [0, 0.05) is 17.8 Å². The largest absolute Gasteiger partial charge is 2.00 e. The first-order chi connectivity index (χ1) is 21.6. The Labute approximate surface area is 282 Å². The molecule has 45 heavy (non-hydrogen) atoms. The molecular weight excluding hydrogens is 752 g/mol. The maximum absolute atomic E-state index is 4.83. The average Bonchev–Trinajstić information content (AvgIpc) is 3.62. The molecule has 6 heteroatoms. The van der Waals surface area contributed by atoms with E-state index in [1.165, 1.54) is 22.3 Å². The number of aromatic nitrogens is 2. The number of nitrogens with zero attached hydrogens (tertiary/aromatic N) is 4. The fraction of sp³-hybridized carbons (Fsp3) is 0.103. The van der Waals surface area contributed by atoms with Crippen LogP contribution in [-0.4, -0.2) is 22.3 Å². The van der Waals surface area contributed by atoms with Crippen molar-refractivity contribution >= 4 is 50.6 Å². The summed E-state index contributed by atoms with van der Waals surface area (Å²) in [4.78, 5) is 11.7. The third kappa shape index (κ3) is 5.35. The van der Waals surface area contributed by atoms with Crippen molar-refractivity contribution in [2.75, 3.05) is 16.5 Å². The van der Waals surface area contributed by atoms with Gasteiger partial charge in [-0.3, -0.25) is 0 Å². The molecule has 8 rings (SSSR count). The summed E-state index contributed by atoms with van der Waals surface area (Å²) in [5.41, 5.74) is 8.01. The topological polar surface area (TPSA) is 24.3 Å². The molecule has 0 aliphatic carbocycles. The van der Waals surface area contributed by atoms with Gasteiger partial charge in [0.15, 0.2) is 0 Å². The van der Waals surface area contributed by atoms with Gasteiger partial charge in [-0.2, -0.15) is 24.3 Å². The molecule has 1 aliphatic rings. The van der Waals surface area contributed by atoms with E-state index in [-0.39, 0.29) is 21.1 Å². The van der Waals surface area contributed by atoms with E-state index in [9.17, 15) is 0 Å². The number of fused-ring (bicyclic) bond motifs is 4. The van der Waals surface area contributed by atoms with Crippen molar-refractivity contribution in [3.8, 4) is 16.9 Å². The number of para-hydroxylation sites is 3. The van der Waals surface area contributed by atoms with Crippen LogP contribution in [0.4, 0.5) is 17.1 Å². The summed E-state index contributed by atoms with van der Waals surface area (Å²) in [7, 11) is 0. The quantitative estimate of drug-likeness (QED) is 0.157. The van der Waals surface area contributed by atoms with E-state index < -0.39 is 0 Å². The molecule has 0 amide bonds. The number of rotatable bonds is 6. The number of hydrogen-bond acceptors (Lipinski definition) is 4. The summed E-state index contributed by atoms with van der Waals surface area (Å²) in [6, 6.07) is 50.6. The van der Waals surface area contributed by atoms with Crippen LogP contribution in [0.2, 0.25) is 0 Å². The van der Waals surface area contributed by atoms with Crippen LogP contribution in [0.15, 0.2) is 137 Å². The van der Waals surface area contributed by atoms with E-state index in [1.807, 2.05) is 12.3 Å². The Hall–Kier alpha value is -4.31. The zero-order valence-electron chi connectivity index (χ0n) is 24.9. The summed E-state index contributed by atoms with van der Waals surface area (Å²) in [6.07, 6.45) is 1.90. The maximum atomic E-state index is 4.83. The molecule has 0 atom stereocenters. The second kappa shape index (κ2) is 12.2. The minimum atomic E-state index is 0. The SMILES string of the molecule is CC(C)N1CN(c2[c-]c(Sc3[c-]c4c(cc3)c3ccccc3n4-c3cc(-c4ccccc4)ccn3)ccc2)c2ccccc21.[Pt+2]. The van der Waals surface area contributed by atoms with Gasteiger partial charge in [0.2, 0.25) is 0 Å². The molecule has 0 fully saturated rings. The Morgan fingerprint density at radius 3 is 2.29 bits per heavy atom. The van der Waals surface area contributed by atoms with Crippen molar-refractivity contribution in [1.82, 2.24) is 9.55 Å². The predicted molar refractivity (Wildman–Crippen MR) is 183 cm³/mol. The van der Waals surface area contributed by atoms with Crippen LogP contribution in [-0.2, 0) is 21.1 Å². The van der Waals surface area contributed by atoms with Crippen LogP contribution in [0.5, 0.6) is 0 Å². The molecule has 222 valence electrons. The molecular formula is C39H30N4PtS. The Kier molecular flexibility index (Phi) is 7.99. The van der Waals surface area contributed by atoms with Gasteiger partial charge in [0.25, 0.3) is 0 Å². The van der Waals surface area contributed by atoms with Crippen molar-refractivity contribution in [3.05, 3.63) is 140 Å². The van der Waals surface area contributed by atoms with Gasteiger partial charge in [0.05, 0.1) is 18.0 Å². The van der Waals surface area contributed by atoms with Crippen LogP contribution in [0.3, 0.4) is 0 Å². The molecule has 0 bridgehead atoms. The standard InChI is InChI=1S/C39H30N4S.Pt/c1-27(2)41-26-42(37-18-9-8-17-36(37)41)30-13-10-14-31(24-30)44-32-19-20-34-33-15-6-7-16-35(33)43(38(34)25-32)39-23-29(21-22-40-39)28-11-4-3-5-12-28;/h3-23,27H,26H2,1-2H3;/q-2;+2. The van der Waals surface area contributed by atoms with Gasteiger partial charge in [-0.15, -0.1) is 45.1 Å². The average molecular weight is 782 g/mol. The smallest absolute Gasteiger partial charge is 0.349 e. The Balaban J connectivity index is 0.00000325. The fourth-order valence-corrected chi connectivity index (χ4v) is 7.00. The van der Waals surface area contributed by atoms with Crippen molar-refractivity contribution in [2.24, 2.45) is 0 Å². The summed E-state index contributed by atoms with van der Waals surface area (Å²) >= 11 is 1.69. The first-order valence-electron chi connectivity index (χ1n) is 14.9. The Morgan fingerprint density at radius 2 is 1.44 bits per heavy atom. The molecule has 7 aromatic rings. The molecule has 2 aromatic heterocycles. The van der Waals surface area contributed by atoms with Gasteiger partial charge >= 0.3 is 21.1 Å². The van der Waals surface area contributed by atoms with Crippen molar-refractivity contribution < 1.29 is 21.1 Å². The first-order valence-corrected chi connectivity index (χ1v) is 15.8. The molecule has 0 unspecified atom stereocenters. The zero-order chi connectivity index (χ0) is 29.6. The second-order valence-electron chi connectivity index (χ2n) is 11.3. The monoisotopic (exact) mass is 781 g/mol. The van der Waals surface area contributed by atoms with E-state index >= 15 is 0 Å². The predicted octanol–water partition coefficient (Wildman–Crippen LogP) is 9.92. The van der Waals surface area contributed by atoms with Gasteiger partial charge < -0.3 is 14.4 Å². The summed E-state index contributed by atoms with van der Waals surface area (Å²) in [5, 5.41) is 2.36. The van der Waals surface area contributed by atoms with Gasteiger partial charge in [-0.25, -0.2) is 4.98 Å². The fourth-order valence-electron chi connectivity index (χ4n) is 6.18. The van der Waals surface area contributed by atoms with E-state index in [1.54, 1.807) is 11.8 Å². The second-order valence-corrected chi connectivity index (χ2v) is 12.4. The number of benzene rings is 5. The molecule has 0 saturated carbocycles. The number of anilines is 3. The minimum Gasteiger partial charge on any atom is -0.349 e. The van der Waals surface area contributed by atoms with Crippen LogP contribution in [0.25, 0.3) is 38.8 Å². The van der Waals surface area contributed by atoms with Crippen LogP contribution in [0, 0.1) is 12.1 Å². The maximum Gasteiger partial charge on any atom is 2.00 e. The summed E-state index contributed by atoms with van der Waals surface area (Å²) < 4.78 is 2.24. The van der Waals surface area contributed by atoms with Crippen molar-refractivity contribution in [3.63, 3.8) is 0 Å². The molecule has 0 N–H and O–H groups in total. The van der Waals surface area contributed by atoms with Crippen molar-refractivity contribution in [2.45, 2.75) is 29.7 Å². The normalized spacial score (nSPS) is 12.6. The van der Waals surface area contributed by atoms with E-state index in [4.69, 9.17) is 4.98 Å². The molecule has 3 heterocycles. The van der Waals surface area contributed by atoms with Gasteiger partial charge in [-0.1, -0.05) is 71.9 Å². The summed E-state index contributed by atoms with van der Waals surface area (Å²) in [6.45, 7) is 5.30.